The predicted octanol–water partition coefficient (Wildman–Crippen LogP) is 9.47. The van der Waals surface area contributed by atoms with Crippen molar-refractivity contribution in [2.75, 3.05) is 4.90 Å². The van der Waals surface area contributed by atoms with E-state index in [2.05, 4.69) is 118 Å². The Morgan fingerprint density at radius 3 is 1.48 bits per heavy atom. The quantitative estimate of drug-likeness (QED) is 0.256. The lowest BCUT2D eigenvalue weighted by Gasteiger charge is -2.30. The summed E-state index contributed by atoms with van der Waals surface area (Å²) in [6.45, 7) is 9.13. The van der Waals surface area contributed by atoms with E-state index < -0.39 is 5.97 Å². The maximum absolute atomic E-state index is 12.0. The average molecular weight is 522 g/mol. The number of anilines is 3. The first-order chi connectivity index (χ1) is 19.2. The van der Waals surface area contributed by atoms with Gasteiger partial charge in [0, 0.05) is 27.9 Å². The Bertz CT molecular complexity index is 1740. The number of benzene rings is 5. The van der Waals surface area contributed by atoms with Crippen LogP contribution in [0.5, 0.6) is 0 Å². The van der Waals surface area contributed by atoms with Gasteiger partial charge in [0.05, 0.1) is 5.56 Å². The molecule has 7 rings (SSSR count). The van der Waals surface area contributed by atoms with Crippen LogP contribution in [0, 0.1) is 0 Å². The number of rotatable bonds is 4. The molecule has 40 heavy (non-hydrogen) atoms. The summed E-state index contributed by atoms with van der Waals surface area (Å²) in [5.74, 6) is -0.933. The molecule has 3 heteroatoms. The van der Waals surface area contributed by atoms with E-state index in [1.807, 2.05) is 12.1 Å². The molecule has 0 fully saturated rings. The number of aromatic carboxylic acids is 1. The molecule has 2 aliphatic carbocycles. The third-order valence-electron chi connectivity index (χ3n) is 9.00. The minimum Gasteiger partial charge on any atom is -0.478 e. The topological polar surface area (TPSA) is 40.5 Å². The largest absolute Gasteiger partial charge is 0.478 e. The van der Waals surface area contributed by atoms with Gasteiger partial charge in [-0.2, -0.15) is 0 Å². The van der Waals surface area contributed by atoms with Crippen LogP contribution in [-0.4, -0.2) is 11.1 Å². The Labute approximate surface area is 235 Å². The predicted molar refractivity (Wildman–Crippen MR) is 163 cm³/mol. The van der Waals surface area contributed by atoms with Crippen molar-refractivity contribution in [3.8, 4) is 22.3 Å². The first-order valence-electron chi connectivity index (χ1n) is 13.8. The van der Waals surface area contributed by atoms with Crippen LogP contribution >= 0.6 is 0 Å². The van der Waals surface area contributed by atoms with Gasteiger partial charge in [0.2, 0.25) is 0 Å². The summed E-state index contributed by atoms with van der Waals surface area (Å²) in [6.07, 6.45) is 0. The van der Waals surface area contributed by atoms with Crippen molar-refractivity contribution in [3.05, 3.63) is 137 Å². The molecule has 0 saturated carbocycles. The van der Waals surface area contributed by atoms with E-state index in [4.69, 9.17) is 0 Å². The first-order valence-corrected chi connectivity index (χ1v) is 13.8. The Hall–Kier alpha value is -4.63. The van der Waals surface area contributed by atoms with E-state index >= 15 is 0 Å². The number of carboxylic acids is 1. The van der Waals surface area contributed by atoms with Gasteiger partial charge in [-0.25, -0.2) is 4.79 Å². The van der Waals surface area contributed by atoms with Crippen LogP contribution in [0.4, 0.5) is 17.1 Å². The second-order valence-corrected chi connectivity index (χ2v) is 12.0. The molecular formula is C37H31NO2. The molecule has 1 N–H and O–H groups in total. The lowest BCUT2D eigenvalue weighted by atomic mass is 9.82. The Morgan fingerprint density at radius 2 is 0.975 bits per heavy atom. The van der Waals surface area contributed by atoms with Crippen LogP contribution in [0.15, 0.2) is 109 Å². The molecule has 0 unspecified atom stereocenters. The number of hydrogen-bond donors (Lipinski definition) is 1. The number of hydrogen-bond acceptors (Lipinski definition) is 2. The highest BCUT2D eigenvalue weighted by atomic mass is 16.4. The molecule has 0 aromatic heterocycles. The summed E-state index contributed by atoms with van der Waals surface area (Å²) >= 11 is 0. The SMILES string of the molecule is CC1(C)c2ccccc2-c2ccc(N(c3cccc(C(=O)O)c3)c3ccc4c(c3)C(C)(C)c3ccccc3-4)cc21. The third-order valence-corrected chi connectivity index (χ3v) is 9.00. The van der Waals surface area contributed by atoms with Gasteiger partial charge < -0.3 is 10.0 Å². The highest BCUT2D eigenvalue weighted by Crippen LogP contribution is 2.52. The van der Waals surface area contributed by atoms with Crippen molar-refractivity contribution in [2.45, 2.75) is 38.5 Å². The Morgan fingerprint density at radius 1 is 0.525 bits per heavy atom. The van der Waals surface area contributed by atoms with Gasteiger partial charge in [-0.1, -0.05) is 94.4 Å². The molecule has 0 radical (unpaired) electrons. The lowest BCUT2D eigenvalue weighted by Crippen LogP contribution is -2.18. The van der Waals surface area contributed by atoms with E-state index in [-0.39, 0.29) is 16.4 Å². The first kappa shape index (κ1) is 24.4. The molecule has 0 bridgehead atoms. The van der Waals surface area contributed by atoms with Gasteiger partial charge in [0.25, 0.3) is 0 Å². The number of fused-ring (bicyclic) bond motifs is 6. The molecule has 0 spiro atoms. The third kappa shape index (κ3) is 3.40. The van der Waals surface area contributed by atoms with E-state index in [0.29, 0.717) is 0 Å². The van der Waals surface area contributed by atoms with Crippen LogP contribution in [0.2, 0.25) is 0 Å². The fraction of sp³-hybridized carbons (Fsp3) is 0.162. The zero-order valence-corrected chi connectivity index (χ0v) is 23.2. The molecule has 0 amide bonds. The highest BCUT2D eigenvalue weighted by molar-refractivity contribution is 5.92. The second kappa shape index (κ2) is 8.43. The minimum atomic E-state index is -0.933. The standard InChI is InChI=1S/C37H31NO2/c1-36(2)31-14-7-5-12-27(31)29-18-16-25(21-33(29)36)38(24-11-9-10-23(20-24)35(39)40)26-17-19-30-28-13-6-8-15-32(28)37(3,4)34(30)22-26/h5-22H,1-4H3,(H,39,40). The maximum atomic E-state index is 12.0. The molecule has 5 aromatic carbocycles. The van der Waals surface area contributed by atoms with Gasteiger partial charge in [-0.05, 0) is 87.0 Å². The zero-order valence-electron chi connectivity index (χ0n) is 23.2. The van der Waals surface area contributed by atoms with Crippen molar-refractivity contribution in [1.29, 1.82) is 0 Å². The number of carboxylic acid groups (broad SMARTS) is 1. The Balaban J connectivity index is 1.44. The van der Waals surface area contributed by atoms with Gasteiger partial charge in [-0.3, -0.25) is 0 Å². The van der Waals surface area contributed by atoms with Crippen LogP contribution < -0.4 is 4.90 Å². The second-order valence-electron chi connectivity index (χ2n) is 12.0. The van der Waals surface area contributed by atoms with Crippen molar-refractivity contribution >= 4 is 23.0 Å². The number of carbonyl (C=O) groups is 1. The zero-order chi connectivity index (χ0) is 27.8. The van der Waals surface area contributed by atoms with E-state index in [0.717, 1.165) is 17.1 Å². The maximum Gasteiger partial charge on any atom is 0.335 e. The van der Waals surface area contributed by atoms with Crippen LogP contribution in [0.25, 0.3) is 22.3 Å². The fourth-order valence-electron chi connectivity index (χ4n) is 6.89. The number of nitrogens with zero attached hydrogens (tertiary/aromatic N) is 1. The summed E-state index contributed by atoms with van der Waals surface area (Å²) in [5, 5.41) is 9.80. The fourth-order valence-corrected chi connectivity index (χ4v) is 6.89. The van der Waals surface area contributed by atoms with Crippen LogP contribution in [0.1, 0.15) is 60.3 Å². The molecule has 0 aliphatic heterocycles. The van der Waals surface area contributed by atoms with Crippen LogP contribution in [0.3, 0.4) is 0 Å². The summed E-state index contributed by atoms with van der Waals surface area (Å²) in [5.41, 5.74) is 13.1. The van der Waals surface area contributed by atoms with Crippen molar-refractivity contribution in [1.82, 2.24) is 0 Å². The summed E-state index contributed by atoms with van der Waals surface area (Å²) in [4.78, 5) is 14.2. The van der Waals surface area contributed by atoms with E-state index in [1.54, 1.807) is 12.1 Å². The molecule has 196 valence electrons. The normalized spacial score (nSPS) is 15.1. The monoisotopic (exact) mass is 521 g/mol. The van der Waals surface area contributed by atoms with Gasteiger partial charge in [0.1, 0.15) is 0 Å². The van der Waals surface area contributed by atoms with E-state index in [9.17, 15) is 9.90 Å². The molecule has 2 aliphatic rings. The van der Waals surface area contributed by atoms with Crippen molar-refractivity contribution in [2.24, 2.45) is 0 Å². The summed E-state index contributed by atoms with van der Waals surface area (Å²) in [6, 6.07) is 37.9. The Kier molecular flexibility index (Phi) is 5.15. The van der Waals surface area contributed by atoms with Crippen molar-refractivity contribution in [3.63, 3.8) is 0 Å². The smallest absolute Gasteiger partial charge is 0.335 e. The molecule has 0 saturated heterocycles. The highest BCUT2D eigenvalue weighted by Gasteiger charge is 2.37. The van der Waals surface area contributed by atoms with Gasteiger partial charge in [-0.15, -0.1) is 0 Å². The average Bonchev–Trinajstić information content (AvgIpc) is 3.33. The van der Waals surface area contributed by atoms with E-state index in [1.165, 1.54) is 44.5 Å². The van der Waals surface area contributed by atoms with Crippen LogP contribution in [-0.2, 0) is 10.8 Å². The molecule has 0 atom stereocenters. The molecular weight excluding hydrogens is 490 g/mol. The molecule has 0 heterocycles. The summed E-state index contributed by atoms with van der Waals surface area (Å²) in [7, 11) is 0. The van der Waals surface area contributed by atoms with Gasteiger partial charge >= 0.3 is 5.97 Å². The molecule has 5 aromatic rings. The molecule has 3 nitrogen and oxygen atoms in total. The minimum absolute atomic E-state index is 0.141. The van der Waals surface area contributed by atoms with Gasteiger partial charge in [0.15, 0.2) is 0 Å². The lowest BCUT2D eigenvalue weighted by molar-refractivity contribution is 0.0697. The van der Waals surface area contributed by atoms with Crippen molar-refractivity contribution < 1.29 is 9.90 Å². The summed E-state index contributed by atoms with van der Waals surface area (Å²) < 4.78 is 0.